The Balaban J connectivity index is 1.33. The van der Waals surface area contributed by atoms with E-state index in [9.17, 15) is 19.5 Å². The monoisotopic (exact) mass is 466 g/mol. The van der Waals surface area contributed by atoms with Gasteiger partial charge in [0.2, 0.25) is 5.91 Å². The number of hydrogen-bond donors (Lipinski definition) is 3. The van der Waals surface area contributed by atoms with Crippen LogP contribution < -0.4 is 10.6 Å². The average Bonchev–Trinajstić information content (AvgIpc) is 3.30. The van der Waals surface area contributed by atoms with Gasteiger partial charge in [-0.3, -0.25) is 9.59 Å². The Morgan fingerprint density at radius 2 is 1.68 bits per heavy atom. The molecule has 2 amide bonds. The predicted molar refractivity (Wildman–Crippen MR) is 125 cm³/mol. The molecular weight excluding hydrogens is 436 g/mol. The third-order valence-electron chi connectivity index (χ3n) is 6.67. The zero-order valence-corrected chi connectivity index (χ0v) is 19.6. The molecule has 2 unspecified atom stereocenters. The summed E-state index contributed by atoms with van der Waals surface area (Å²) in [5, 5.41) is 15.0. The molecule has 0 saturated carbocycles. The lowest BCUT2D eigenvalue weighted by atomic mass is 9.85. The molecule has 0 aromatic heterocycles. The van der Waals surface area contributed by atoms with E-state index in [-0.39, 0.29) is 38.1 Å². The van der Waals surface area contributed by atoms with Crippen molar-refractivity contribution in [2.45, 2.75) is 44.7 Å². The van der Waals surface area contributed by atoms with Crippen LogP contribution in [-0.4, -0.2) is 54.5 Å². The first kappa shape index (κ1) is 23.8. The van der Waals surface area contributed by atoms with Gasteiger partial charge in [0.05, 0.1) is 19.3 Å². The molecule has 1 fully saturated rings. The first-order valence-corrected chi connectivity index (χ1v) is 11.3. The molecule has 2 aliphatic rings. The van der Waals surface area contributed by atoms with Crippen molar-refractivity contribution < 1.29 is 29.0 Å². The number of carboxylic acid groups (broad SMARTS) is 1. The van der Waals surface area contributed by atoms with Gasteiger partial charge in [-0.1, -0.05) is 48.5 Å². The van der Waals surface area contributed by atoms with E-state index in [2.05, 4.69) is 22.8 Å². The number of rotatable bonds is 7. The third kappa shape index (κ3) is 4.63. The lowest BCUT2D eigenvalue weighted by Crippen LogP contribution is -2.53. The smallest absolute Gasteiger partial charge is 0.407 e. The van der Waals surface area contributed by atoms with Gasteiger partial charge in [0.25, 0.3) is 0 Å². The Morgan fingerprint density at radius 1 is 1.09 bits per heavy atom. The molecule has 2 aromatic carbocycles. The molecule has 8 heteroatoms. The quantitative estimate of drug-likeness (QED) is 0.577. The zero-order valence-electron chi connectivity index (χ0n) is 19.6. The lowest BCUT2D eigenvalue weighted by molar-refractivity contribution is -0.149. The minimum atomic E-state index is -1.18. The Bertz CT molecular complexity index is 1070. The van der Waals surface area contributed by atoms with Crippen molar-refractivity contribution in [3.05, 3.63) is 59.7 Å². The summed E-state index contributed by atoms with van der Waals surface area (Å²) in [6.07, 6.45) is -0.650. The topological polar surface area (TPSA) is 114 Å². The van der Waals surface area contributed by atoms with Crippen molar-refractivity contribution in [1.29, 1.82) is 0 Å². The average molecular weight is 467 g/mol. The first-order valence-electron chi connectivity index (χ1n) is 11.3. The SMILES string of the molecule is CC(C)(CC(=O)NC1COCC1(C)C(=O)O)NC(=O)OCC1c2ccccc2-c2ccccc21. The van der Waals surface area contributed by atoms with Crippen LogP contribution in [0.1, 0.15) is 44.2 Å². The van der Waals surface area contributed by atoms with Gasteiger partial charge in [0.15, 0.2) is 0 Å². The maximum absolute atomic E-state index is 12.6. The molecule has 8 nitrogen and oxygen atoms in total. The highest BCUT2D eigenvalue weighted by Gasteiger charge is 2.47. The van der Waals surface area contributed by atoms with Crippen molar-refractivity contribution in [1.82, 2.24) is 10.6 Å². The fourth-order valence-electron chi connectivity index (χ4n) is 4.69. The molecule has 2 aromatic rings. The van der Waals surface area contributed by atoms with Crippen molar-refractivity contribution in [3.63, 3.8) is 0 Å². The maximum Gasteiger partial charge on any atom is 0.407 e. The van der Waals surface area contributed by atoms with Crippen LogP contribution in [0.3, 0.4) is 0 Å². The zero-order chi connectivity index (χ0) is 24.5. The molecule has 0 bridgehead atoms. The van der Waals surface area contributed by atoms with Crippen LogP contribution >= 0.6 is 0 Å². The van der Waals surface area contributed by atoms with Crippen molar-refractivity contribution in [3.8, 4) is 11.1 Å². The molecule has 2 atom stereocenters. The highest BCUT2D eigenvalue weighted by atomic mass is 16.5. The molecule has 0 spiro atoms. The summed E-state index contributed by atoms with van der Waals surface area (Å²) >= 11 is 0. The van der Waals surface area contributed by atoms with Crippen molar-refractivity contribution in [2.24, 2.45) is 5.41 Å². The third-order valence-corrected chi connectivity index (χ3v) is 6.67. The van der Waals surface area contributed by atoms with Gasteiger partial charge < -0.3 is 25.2 Å². The van der Waals surface area contributed by atoms with E-state index in [1.54, 1.807) is 20.8 Å². The molecule has 180 valence electrons. The number of hydrogen-bond acceptors (Lipinski definition) is 5. The summed E-state index contributed by atoms with van der Waals surface area (Å²) in [6.45, 7) is 5.33. The van der Waals surface area contributed by atoms with Gasteiger partial charge in [0.1, 0.15) is 12.0 Å². The molecule has 1 aliphatic carbocycles. The van der Waals surface area contributed by atoms with Gasteiger partial charge in [-0.2, -0.15) is 0 Å². The Morgan fingerprint density at radius 3 is 2.26 bits per heavy atom. The van der Waals surface area contributed by atoms with Gasteiger partial charge in [-0.25, -0.2) is 4.79 Å². The molecule has 3 N–H and O–H groups in total. The van der Waals surface area contributed by atoms with Gasteiger partial charge in [-0.05, 0) is 43.0 Å². The van der Waals surface area contributed by atoms with E-state index in [1.807, 2.05) is 36.4 Å². The van der Waals surface area contributed by atoms with Crippen LogP contribution in [0.2, 0.25) is 0 Å². The Hall–Kier alpha value is -3.39. The summed E-state index contributed by atoms with van der Waals surface area (Å²) < 4.78 is 10.9. The Kier molecular flexibility index (Phi) is 6.36. The molecule has 0 radical (unpaired) electrons. The van der Waals surface area contributed by atoms with Crippen LogP contribution in [0.15, 0.2) is 48.5 Å². The summed E-state index contributed by atoms with van der Waals surface area (Å²) in [7, 11) is 0. The van der Waals surface area contributed by atoms with E-state index < -0.39 is 29.1 Å². The second-order valence-electron chi connectivity index (χ2n) is 9.87. The molecule has 4 rings (SSSR count). The number of aliphatic carboxylic acids is 1. The van der Waals surface area contributed by atoms with E-state index in [4.69, 9.17) is 9.47 Å². The number of nitrogens with one attached hydrogen (secondary N) is 2. The summed E-state index contributed by atoms with van der Waals surface area (Å²) in [4.78, 5) is 36.8. The minimum Gasteiger partial charge on any atom is -0.481 e. The summed E-state index contributed by atoms with van der Waals surface area (Å²) in [5.74, 6) is -1.45. The van der Waals surface area contributed by atoms with Crippen LogP contribution in [0.4, 0.5) is 4.79 Å². The molecule has 1 saturated heterocycles. The number of benzene rings is 2. The molecule has 34 heavy (non-hydrogen) atoms. The number of fused-ring (bicyclic) bond motifs is 3. The molecular formula is C26H30N2O6. The Labute approximate surface area is 198 Å². The number of carbonyl (C=O) groups is 3. The van der Waals surface area contributed by atoms with Gasteiger partial charge in [-0.15, -0.1) is 0 Å². The molecule has 1 heterocycles. The largest absolute Gasteiger partial charge is 0.481 e. The number of carboxylic acids is 1. The standard InChI is InChI=1S/C26H30N2O6/c1-25(2,12-22(29)27-21-14-33-15-26(21,3)23(30)31)28-24(32)34-13-20-18-10-6-4-8-16(18)17-9-5-7-11-19(17)20/h4-11,20-21H,12-15H2,1-3H3,(H,27,29)(H,28,32)(H,30,31). The van der Waals surface area contributed by atoms with Crippen LogP contribution in [-0.2, 0) is 19.1 Å². The second kappa shape index (κ2) is 9.10. The number of alkyl carbamates (subject to hydrolysis) is 1. The second-order valence-corrected chi connectivity index (χ2v) is 9.87. The van der Waals surface area contributed by atoms with E-state index >= 15 is 0 Å². The van der Waals surface area contributed by atoms with Crippen LogP contribution in [0.5, 0.6) is 0 Å². The van der Waals surface area contributed by atoms with E-state index in [0.29, 0.717) is 0 Å². The number of ether oxygens (including phenoxy) is 2. The summed E-state index contributed by atoms with van der Waals surface area (Å²) in [6, 6.07) is 15.5. The van der Waals surface area contributed by atoms with Gasteiger partial charge in [0, 0.05) is 17.9 Å². The highest BCUT2D eigenvalue weighted by Crippen LogP contribution is 2.44. The predicted octanol–water partition coefficient (Wildman–Crippen LogP) is 3.30. The first-order chi connectivity index (χ1) is 16.1. The number of carbonyl (C=O) groups excluding carboxylic acids is 2. The van der Waals surface area contributed by atoms with Crippen molar-refractivity contribution >= 4 is 18.0 Å². The van der Waals surface area contributed by atoms with Crippen LogP contribution in [0.25, 0.3) is 11.1 Å². The summed E-state index contributed by atoms with van der Waals surface area (Å²) in [5.41, 5.74) is 2.46. The minimum absolute atomic E-state index is 0.0364. The molecule has 1 aliphatic heterocycles. The van der Waals surface area contributed by atoms with Crippen LogP contribution in [0, 0.1) is 5.41 Å². The van der Waals surface area contributed by atoms with E-state index in [1.165, 1.54) is 0 Å². The fourth-order valence-corrected chi connectivity index (χ4v) is 4.69. The highest BCUT2D eigenvalue weighted by molar-refractivity contribution is 5.82. The van der Waals surface area contributed by atoms with Gasteiger partial charge >= 0.3 is 12.1 Å². The fraction of sp³-hybridized carbons (Fsp3) is 0.423. The maximum atomic E-state index is 12.6. The number of amides is 2. The normalized spacial score (nSPS) is 21.4. The van der Waals surface area contributed by atoms with Crippen molar-refractivity contribution in [2.75, 3.05) is 19.8 Å². The lowest BCUT2D eigenvalue weighted by Gasteiger charge is -2.29. The van der Waals surface area contributed by atoms with E-state index in [0.717, 1.165) is 22.3 Å².